The molecule has 2 aromatic heterocycles. The van der Waals surface area contributed by atoms with Crippen molar-refractivity contribution in [3.63, 3.8) is 0 Å². The lowest BCUT2D eigenvalue weighted by molar-refractivity contribution is 0.0785. The summed E-state index contributed by atoms with van der Waals surface area (Å²) in [7, 11) is 0. The Balaban J connectivity index is 1.85. The van der Waals surface area contributed by atoms with Gasteiger partial charge in [-0.3, -0.25) is 9.30 Å². The molecule has 0 spiro atoms. The summed E-state index contributed by atoms with van der Waals surface area (Å²) in [5.41, 5.74) is 3.35. The van der Waals surface area contributed by atoms with Crippen LogP contribution in [0.4, 0.5) is 0 Å². The molecule has 5 nitrogen and oxygen atoms in total. The van der Waals surface area contributed by atoms with Crippen molar-refractivity contribution in [2.45, 2.75) is 39.3 Å². The Kier molecular flexibility index (Phi) is 3.24. The van der Waals surface area contributed by atoms with Crippen molar-refractivity contribution >= 4 is 5.78 Å². The van der Waals surface area contributed by atoms with Gasteiger partial charge in [0.15, 0.2) is 0 Å². The molecule has 0 radical (unpaired) electrons. The Hall–Kier alpha value is -1.46. The van der Waals surface area contributed by atoms with Gasteiger partial charge in [0.1, 0.15) is 0 Å². The van der Waals surface area contributed by atoms with Gasteiger partial charge in [0.2, 0.25) is 5.78 Å². The van der Waals surface area contributed by atoms with Crippen LogP contribution >= 0.6 is 0 Å². The number of aliphatic hydroxyl groups excluding tert-OH is 1. The fraction of sp³-hybridized carbons (Fsp3) is 0.571. The largest absolute Gasteiger partial charge is 0.393 e. The lowest BCUT2D eigenvalue weighted by Gasteiger charge is -2.29. The van der Waals surface area contributed by atoms with E-state index in [0.29, 0.717) is 0 Å². The first-order valence-corrected chi connectivity index (χ1v) is 6.84. The van der Waals surface area contributed by atoms with Gasteiger partial charge >= 0.3 is 0 Å². The van der Waals surface area contributed by atoms with Gasteiger partial charge in [-0.05, 0) is 32.8 Å². The standard InChI is InChI=1S/C14H20N4O/c1-10-7-11(2)18-12(8-15-14(18)16-10)9-17-5-3-13(19)4-6-17/h7-8,13,19H,3-6,9H2,1-2H3. The number of aliphatic hydroxyl groups is 1. The maximum absolute atomic E-state index is 9.55. The van der Waals surface area contributed by atoms with Gasteiger partial charge < -0.3 is 5.11 Å². The number of nitrogens with zero attached hydrogens (tertiary/aromatic N) is 4. The molecule has 0 aromatic carbocycles. The number of aromatic nitrogens is 3. The molecule has 1 aliphatic heterocycles. The highest BCUT2D eigenvalue weighted by molar-refractivity contribution is 5.35. The van der Waals surface area contributed by atoms with Crippen molar-refractivity contribution in [1.29, 1.82) is 0 Å². The molecule has 0 saturated carbocycles. The Morgan fingerprint density at radius 2 is 2.05 bits per heavy atom. The van der Waals surface area contributed by atoms with Gasteiger partial charge in [0.25, 0.3) is 0 Å². The SMILES string of the molecule is Cc1cc(C)n2c(CN3CCC(O)CC3)cnc2n1. The second-order valence-electron chi connectivity index (χ2n) is 5.43. The van der Waals surface area contributed by atoms with Crippen molar-refractivity contribution in [1.82, 2.24) is 19.3 Å². The van der Waals surface area contributed by atoms with Crippen LogP contribution in [0.25, 0.3) is 5.78 Å². The van der Waals surface area contributed by atoms with E-state index in [1.165, 1.54) is 11.4 Å². The molecule has 0 unspecified atom stereocenters. The third-order valence-electron chi connectivity index (χ3n) is 3.81. The molecule has 1 N–H and O–H groups in total. The fourth-order valence-electron chi connectivity index (χ4n) is 2.81. The minimum atomic E-state index is -0.121. The summed E-state index contributed by atoms with van der Waals surface area (Å²) in [4.78, 5) is 11.2. The molecule has 1 aliphatic rings. The fourth-order valence-corrected chi connectivity index (χ4v) is 2.81. The van der Waals surface area contributed by atoms with E-state index in [2.05, 4.69) is 32.3 Å². The van der Waals surface area contributed by atoms with E-state index >= 15 is 0 Å². The van der Waals surface area contributed by atoms with E-state index in [9.17, 15) is 5.11 Å². The van der Waals surface area contributed by atoms with Gasteiger partial charge in [-0.25, -0.2) is 9.97 Å². The zero-order chi connectivity index (χ0) is 13.4. The smallest absolute Gasteiger partial charge is 0.234 e. The molecule has 19 heavy (non-hydrogen) atoms. The first-order valence-electron chi connectivity index (χ1n) is 6.84. The summed E-state index contributed by atoms with van der Waals surface area (Å²) in [6, 6.07) is 2.08. The van der Waals surface area contributed by atoms with Crippen molar-refractivity contribution in [3.8, 4) is 0 Å². The van der Waals surface area contributed by atoms with Crippen molar-refractivity contribution in [2.75, 3.05) is 13.1 Å². The molecule has 5 heteroatoms. The number of hydrogen-bond acceptors (Lipinski definition) is 4. The van der Waals surface area contributed by atoms with Crippen LogP contribution < -0.4 is 0 Å². The van der Waals surface area contributed by atoms with Crippen LogP contribution in [-0.2, 0) is 6.54 Å². The zero-order valence-corrected chi connectivity index (χ0v) is 11.5. The average molecular weight is 260 g/mol. The van der Waals surface area contributed by atoms with E-state index in [4.69, 9.17) is 0 Å². The molecule has 3 heterocycles. The van der Waals surface area contributed by atoms with E-state index < -0.39 is 0 Å². The lowest BCUT2D eigenvalue weighted by atomic mass is 10.1. The van der Waals surface area contributed by atoms with Gasteiger partial charge in [0.05, 0.1) is 18.0 Å². The van der Waals surface area contributed by atoms with Crippen LogP contribution in [0.3, 0.4) is 0 Å². The number of rotatable bonds is 2. The number of imidazole rings is 1. The highest BCUT2D eigenvalue weighted by atomic mass is 16.3. The monoisotopic (exact) mass is 260 g/mol. The van der Waals surface area contributed by atoms with Crippen LogP contribution in [-0.4, -0.2) is 43.6 Å². The third kappa shape index (κ3) is 2.48. The van der Waals surface area contributed by atoms with Crippen LogP contribution in [0.5, 0.6) is 0 Å². The second kappa shape index (κ2) is 4.90. The van der Waals surface area contributed by atoms with E-state index in [-0.39, 0.29) is 6.10 Å². The normalized spacial score (nSPS) is 18.3. The number of likely N-dealkylation sites (tertiary alicyclic amines) is 1. The van der Waals surface area contributed by atoms with Crippen LogP contribution in [0, 0.1) is 13.8 Å². The Morgan fingerprint density at radius 3 is 2.79 bits per heavy atom. The minimum absolute atomic E-state index is 0.121. The molecular formula is C14H20N4O. The minimum Gasteiger partial charge on any atom is -0.393 e. The molecule has 1 fully saturated rings. The first-order chi connectivity index (χ1) is 9.13. The summed E-state index contributed by atoms with van der Waals surface area (Å²) < 4.78 is 2.12. The molecule has 1 saturated heterocycles. The molecule has 0 bridgehead atoms. The van der Waals surface area contributed by atoms with E-state index in [0.717, 1.165) is 43.9 Å². The van der Waals surface area contributed by atoms with E-state index in [1.54, 1.807) is 0 Å². The van der Waals surface area contributed by atoms with Crippen molar-refractivity contribution < 1.29 is 5.11 Å². The maximum Gasteiger partial charge on any atom is 0.234 e. The third-order valence-corrected chi connectivity index (χ3v) is 3.81. The van der Waals surface area contributed by atoms with Crippen molar-refractivity contribution in [3.05, 3.63) is 29.3 Å². The predicted molar refractivity (Wildman–Crippen MR) is 73.0 cm³/mol. The van der Waals surface area contributed by atoms with Crippen molar-refractivity contribution in [2.24, 2.45) is 0 Å². The van der Waals surface area contributed by atoms with Crippen LogP contribution in [0.2, 0.25) is 0 Å². The number of aryl methyl sites for hydroxylation is 2. The summed E-state index contributed by atoms with van der Waals surface area (Å²) in [6.07, 6.45) is 3.53. The number of fused-ring (bicyclic) bond motifs is 1. The highest BCUT2D eigenvalue weighted by Gasteiger charge is 2.18. The number of hydrogen-bond donors (Lipinski definition) is 1. The maximum atomic E-state index is 9.55. The van der Waals surface area contributed by atoms with Gasteiger partial charge in [-0.15, -0.1) is 0 Å². The average Bonchev–Trinajstić information content (AvgIpc) is 2.75. The summed E-state index contributed by atoms with van der Waals surface area (Å²) in [5.74, 6) is 0.782. The Morgan fingerprint density at radius 1 is 1.32 bits per heavy atom. The summed E-state index contributed by atoms with van der Waals surface area (Å²) in [6.45, 7) is 6.86. The molecule has 0 aliphatic carbocycles. The molecular weight excluding hydrogens is 240 g/mol. The van der Waals surface area contributed by atoms with E-state index in [1.807, 2.05) is 13.1 Å². The first kappa shape index (κ1) is 12.6. The molecule has 0 atom stereocenters. The summed E-state index contributed by atoms with van der Waals surface area (Å²) >= 11 is 0. The quantitative estimate of drug-likeness (QED) is 0.884. The van der Waals surface area contributed by atoms with Gasteiger partial charge in [-0.1, -0.05) is 0 Å². The molecule has 102 valence electrons. The van der Waals surface area contributed by atoms with Gasteiger partial charge in [0, 0.05) is 31.0 Å². The topological polar surface area (TPSA) is 53.7 Å². The predicted octanol–water partition coefficient (Wildman–Crippen LogP) is 1.30. The van der Waals surface area contributed by atoms with Gasteiger partial charge in [-0.2, -0.15) is 0 Å². The lowest BCUT2D eigenvalue weighted by Crippen LogP contribution is -2.35. The zero-order valence-electron chi connectivity index (χ0n) is 11.5. The number of piperidine rings is 1. The molecule has 3 rings (SSSR count). The second-order valence-corrected chi connectivity index (χ2v) is 5.43. The molecule has 2 aromatic rings. The summed E-state index contributed by atoms with van der Waals surface area (Å²) in [5, 5.41) is 9.55. The molecule has 0 amide bonds. The Bertz CT molecular complexity index is 584. The Labute approximate surface area is 112 Å². The highest BCUT2D eigenvalue weighted by Crippen LogP contribution is 2.16. The van der Waals surface area contributed by atoms with Crippen LogP contribution in [0.15, 0.2) is 12.3 Å². The van der Waals surface area contributed by atoms with Crippen LogP contribution in [0.1, 0.15) is 29.9 Å².